The molecule has 0 fully saturated rings. The number of aromatic hydroxyl groups is 1. The summed E-state index contributed by atoms with van der Waals surface area (Å²) >= 11 is 5.70. The fourth-order valence-corrected chi connectivity index (χ4v) is 2.94. The van der Waals surface area contributed by atoms with E-state index in [1.54, 1.807) is 4.72 Å². The Morgan fingerprint density at radius 1 is 1.16 bits per heavy atom. The average molecular weight is 389 g/mol. The lowest BCUT2D eigenvalue weighted by molar-refractivity contribution is 0.256. The van der Waals surface area contributed by atoms with E-state index in [9.17, 15) is 18.3 Å². The van der Waals surface area contributed by atoms with Crippen molar-refractivity contribution in [3.05, 3.63) is 29.3 Å². The van der Waals surface area contributed by atoms with Gasteiger partial charge in [-0.15, -0.1) is 0 Å². The van der Waals surface area contributed by atoms with E-state index in [2.05, 4.69) is 15.3 Å². The molecule has 2 amide bonds. The van der Waals surface area contributed by atoms with Crippen molar-refractivity contribution in [3.63, 3.8) is 0 Å². The Hall–Kier alpha value is -2.79. The van der Waals surface area contributed by atoms with E-state index in [4.69, 9.17) is 21.1 Å². The molecule has 12 heteroatoms. The molecule has 0 radical (unpaired) electrons. The van der Waals surface area contributed by atoms with E-state index >= 15 is 0 Å². The smallest absolute Gasteiger partial charge is 0.335 e. The van der Waals surface area contributed by atoms with Crippen LogP contribution in [-0.4, -0.2) is 43.7 Å². The van der Waals surface area contributed by atoms with Crippen LogP contribution in [0.3, 0.4) is 0 Å². The van der Waals surface area contributed by atoms with Gasteiger partial charge >= 0.3 is 6.03 Å². The van der Waals surface area contributed by atoms with Gasteiger partial charge < -0.3 is 14.6 Å². The predicted molar refractivity (Wildman–Crippen MR) is 87.6 cm³/mol. The Kier molecular flexibility index (Phi) is 5.49. The first-order chi connectivity index (χ1) is 11.7. The second-order valence-corrected chi connectivity index (χ2v) is 6.54. The fraction of sp³-hybridized carbons (Fsp3) is 0.154. The topological polar surface area (TPSA) is 140 Å². The highest BCUT2D eigenvalue weighted by molar-refractivity contribution is 7.90. The number of nitrogens with one attached hydrogen (secondary N) is 2. The molecule has 1 heterocycles. The Morgan fingerprint density at radius 3 is 2.32 bits per heavy atom. The van der Waals surface area contributed by atoms with E-state index in [0.29, 0.717) is 0 Å². The number of carbonyl (C=O) groups excluding carboxylic acids is 1. The van der Waals surface area contributed by atoms with Gasteiger partial charge in [0.15, 0.2) is 0 Å². The van der Waals surface area contributed by atoms with E-state index in [0.717, 1.165) is 12.1 Å². The number of nitrogens with zero attached hydrogens (tertiary/aromatic N) is 2. The zero-order valence-electron chi connectivity index (χ0n) is 13.0. The van der Waals surface area contributed by atoms with Crippen LogP contribution in [0.4, 0.5) is 10.7 Å². The molecular formula is C13H13ClN4O6S. The first-order valence-electron chi connectivity index (χ1n) is 6.54. The number of halogens is 1. The van der Waals surface area contributed by atoms with E-state index in [1.165, 1.54) is 26.4 Å². The zero-order chi connectivity index (χ0) is 18.6. The second-order valence-electron chi connectivity index (χ2n) is 4.45. The van der Waals surface area contributed by atoms with Crippen LogP contribution in [0.25, 0.3) is 0 Å². The molecule has 0 aliphatic heterocycles. The Morgan fingerprint density at radius 2 is 1.76 bits per heavy atom. The lowest BCUT2D eigenvalue weighted by Crippen LogP contribution is -2.35. The molecule has 0 saturated heterocycles. The Bertz CT molecular complexity index is 883. The van der Waals surface area contributed by atoms with Crippen LogP contribution in [0.1, 0.15) is 0 Å². The number of carbonyl (C=O) groups is 1. The van der Waals surface area contributed by atoms with Gasteiger partial charge in [-0.1, -0.05) is 11.6 Å². The number of amides is 2. The summed E-state index contributed by atoms with van der Waals surface area (Å²) in [4.78, 5) is 19.0. The van der Waals surface area contributed by atoms with Gasteiger partial charge in [-0.3, -0.25) is 5.32 Å². The van der Waals surface area contributed by atoms with Gasteiger partial charge in [0.2, 0.25) is 17.7 Å². The summed E-state index contributed by atoms with van der Waals surface area (Å²) in [6.45, 7) is 0. The number of benzene rings is 1. The quantitative estimate of drug-likeness (QED) is 0.697. The lowest BCUT2D eigenvalue weighted by atomic mass is 10.3. The number of urea groups is 1. The van der Waals surface area contributed by atoms with Gasteiger partial charge in [0.25, 0.3) is 10.0 Å². The third kappa shape index (κ3) is 4.61. The molecule has 0 aliphatic rings. The number of ether oxygens (including phenoxy) is 2. The first-order valence-corrected chi connectivity index (χ1v) is 8.40. The number of rotatable bonds is 5. The van der Waals surface area contributed by atoms with Crippen molar-refractivity contribution in [2.24, 2.45) is 0 Å². The highest BCUT2D eigenvalue weighted by Gasteiger charge is 2.22. The van der Waals surface area contributed by atoms with Crippen LogP contribution in [0.5, 0.6) is 17.5 Å². The SMILES string of the molecule is COc1cc(OC)nc(NC(=O)NS(=O)(=O)c2cc(Cl)ccc2O)n1. The molecule has 0 saturated carbocycles. The average Bonchev–Trinajstić information content (AvgIpc) is 2.55. The maximum atomic E-state index is 12.2. The van der Waals surface area contributed by atoms with Gasteiger partial charge in [0.1, 0.15) is 10.6 Å². The van der Waals surface area contributed by atoms with Crippen molar-refractivity contribution >= 4 is 33.6 Å². The van der Waals surface area contributed by atoms with Crippen LogP contribution in [0.15, 0.2) is 29.2 Å². The molecule has 134 valence electrons. The fourth-order valence-electron chi connectivity index (χ4n) is 1.68. The number of aromatic nitrogens is 2. The van der Waals surface area contributed by atoms with Crippen LogP contribution in [0.2, 0.25) is 5.02 Å². The van der Waals surface area contributed by atoms with Crippen LogP contribution in [-0.2, 0) is 10.0 Å². The second kappa shape index (κ2) is 7.40. The number of anilines is 1. The number of hydrogen-bond acceptors (Lipinski definition) is 8. The highest BCUT2D eigenvalue weighted by atomic mass is 35.5. The number of sulfonamides is 1. The summed E-state index contributed by atoms with van der Waals surface area (Å²) in [5.41, 5.74) is 0. The number of hydrogen-bond donors (Lipinski definition) is 3. The summed E-state index contributed by atoms with van der Waals surface area (Å²) in [5, 5.41) is 11.8. The third-order valence-electron chi connectivity index (χ3n) is 2.76. The number of methoxy groups -OCH3 is 2. The van der Waals surface area contributed by atoms with E-state index in [-0.39, 0.29) is 22.7 Å². The van der Waals surface area contributed by atoms with Gasteiger partial charge in [-0.2, -0.15) is 9.97 Å². The molecule has 10 nitrogen and oxygen atoms in total. The van der Waals surface area contributed by atoms with E-state index in [1.807, 2.05) is 0 Å². The summed E-state index contributed by atoms with van der Waals surface area (Å²) in [5.74, 6) is -0.627. The molecule has 2 rings (SSSR count). The summed E-state index contributed by atoms with van der Waals surface area (Å²) < 4.78 is 35.9. The van der Waals surface area contributed by atoms with Crippen molar-refractivity contribution in [1.29, 1.82) is 0 Å². The van der Waals surface area contributed by atoms with Crippen LogP contribution >= 0.6 is 11.6 Å². The zero-order valence-corrected chi connectivity index (χ0v) is 14.6. The standard InChI is InChI=1S/C13H13ClN4O6S/c1-23-10-6-11(24-2)16-12(15-10)17-13(20)18-25(21,22)9-5-7(14)3-4-8(9)19/h3-6,19H,1-2H3,(H2,15,16,17,18,20). The molecule has 0 bridgehead atoms. The van der Waals surface area contributed by atoms with E-state index < -0.39 is 26.7 Å². The summed E-state index contributed by atoms with van der Waals surface area (Å²) in [6, 6.07) is 3.59. The minimum atomic E-state index is -4.38. The first kappa shape index (κ1) is 18.5. The van der Waals surface area contributed by atoms with Crippen molar-refractivity contribution in [2.75, 3.05) is 19.5 Å². The number of phenolic OH excluding ortho intramolecular Hbond substituents is 1. The van der Waals surface area contributed by atoms with Gasteiger partial charge in [0.05, 0.1) is 20.3 Å². The molecule has 3 N–H and O–H groups in total. The molecule has 2 aromatic rings. The largest absolute Gasteiger partial charge is 0.507 e. The van der Waals surface area contributed by atoms with Crippen molar-refractivity contribution < 1.29 is 27.8 Å². The normalized spacial score (nSPS) is 10.8. The van der Waals surface area contributed by atoms with Crippen molar-refractivity contribution in [1.82, 2.24) is 14.7 Å². The lowest BCUT2D eigenvalue weighted by Gasteiger charge is -2.10. The Balaban J connectivity index is 2.21. The maximum Gasteiger partial charge on any atom is 0.335 e. The molecule has 0 atom stereocenters. The van der Waals surface area contributed by atoms with Gasteiger partial charge in [-0.05, 0) is 18.2 Å². The molecule has 25 heavy (non-hydrogen) atoms. The molecule has 1 aromatic carbocycles. The third-order valence-corrected chi connectivity index (χ3v) is 4.36. The maximum absolute atomic E-state index is 12.2. The van der Waals surface area contributed by atoms with Crippen molar-refractivity contribution in [3.8, 4) is 17.5 Å². The molecule has 1 aromatic heterocycles. The van der Waals surface area contributed by atoms with Gasteiger partial charge in [0, 0.05) is 5.02 Å². The Labute approximate surface area is 147 Å². The molecule has 0 spiro atoms. The molecule has 0 aliphatic carbocycles. The monoisotopic (exact) mass is 388 g/mol. The van der Waals surface area contributed by atoms with Crippen LogP contribution < -0.4 is 19.5 Å². The highest BCUT2D eigenvalue weighted by Crippen LogP contribution is 2.25. The van der Waals surface area contributed by atoms with Crippen molar-refractivity contribution in [2.45, 2.75) is 4.90 Å². The van der Waals surface area contributed by atoms with Gasteiger partial charge in [-0.25, -0.2) is 17.9 Å². The predicted octanol–water partition coefficient (Wildman–Crippen LogP) is 1.36. The summed E-state index contributed by atoms with van der Waals surface area (Å²) in [6.07, 6.45) is 0. The number of phenols is 1. The summed E-state index contributed by atoms with van der Waals surface area (Å²) in [7, 11) is -1.69. The molecular weight excluding hydrogens is 376 g/mol. The minimum Gasteiger partial charge on any atom is -0.507 e. The van der Waals surface area contributed by atoms with Crippen LogP contribution in [0, 0.1) is 0 Å². The molecule has 0 unspecified atom stereocenters. The minimum absolute atomic E-state index is 0.0689.